The van der Waals surface area contributed by atoms with Gasteiger partial charge in [0.05, 0.1) is 0 Å². The van der Waals surface area contributed by atoms with Gasteiger partial charge in [-0.3, -0.25) is 4.79 Å². The summed E-state index contributed by atoms with van der Waals surface area (Å²) < 4.78 is 18.9. The molecule has 1 fully saturated rings. The zero-order valence-electron chi connectivity index (χ0n) is 15.7. The molecule has 1 aromatic heterocycles. The highest BCUT2D eigenvalue weighted by Crippen LogP contribution is 2.36. The Morgan fingerprint density at radius 1 is 1.19 bits per heavy atom. The Hall–Kier alpha value is -2.43. The van der Waals surface area contributed by atoms with Crippen molar-refractivity contribution < 1.29 is 18.7 Å². The molecule has 0 bridgehead atoms. The van der Waals surface area contributed by atoms with Gasteiger partial charge in [0.2, 0.25) is 0 Å². The molecule has 1 aromatic carbocycles. The van der Waals surface area contributed by atoms with Crippen molar-refractivity contribution in [3.8, 4) is 0 Å². The number of carbonyl (C=O) groups is 2. The third-order valence-electron chi connectivity index (χ3n) is 6.08. The Labute approximate surface area is 158 Å². The second-order valence-electron chi connectivity index (χ2n) is 7.91. The number of aromatic nitrogens is 1. The van der Waals surface area contributed by atoms with Crippen LogP contribution < -0.4 is 0 Å². The number of rotatable bonds is 3. The molecular weight excluding hydrogens is 345 g/mol. The fourth-order valence-corrected chi connectivity index (χ4v) is 4.49. The smallest absolute Gasteiger partial charge is 0.355 e. The molecule has 0 amide bonds. The second kappa shape index (κ2) is 6.95. The lowest BCUT2D eigenvalue weighted by atomic mass is 9.81. The summed E-state index contributed by atoms with van der Waals surface area (Å²) in [5.41, 5.74) is 3.42. The first kappa shape index (κ1) is 18.0. The zero-order chi connectivity index (χ0) is 19.1. The number of nitrogens with one attached hydrogen (secondary N) is 1. The Kier molecular flexibility index (Phi) is 4.62. The summed E-state index contributed by atoms with van der Waals surface area (Å²) in [7, 11) is 0. The van der Waals surface area contributed by atoms with Gasteiger partial charge >= 0.3 is 5.97 Å². The van der Waals surface area contributed by atoms with Crippen LogP contribution in [0.1, 0.15) is 76.2 Å². The number of aromatic amines is 1. The average molecular weight is 369 g/mol. The largest absolute Gasteiger partial charge is 0.457 e. The van der Waals surface area contributed by atoms with Crippen molar-refractivity contribution in [2.75, 3.05) is 0 Å². The molecule has 142 valence electrons. The average Bonchev–Trinajstić information content (AvgIpc) is 3.19. The maximum absolute atomic E-state index is 13.2. The van der Waals surface area contributed by atoms with Gasteiger partial charge in [-0.1, -0.05) is 19.1 Å². The van der Waals surface area contributed by atoms with Crippen molar-refractivity contribution in [1.82, 2.24) is 4.98 Å². The van der Waals surface area contributed by atoms with E-state index in [2.05, 4.69) is 11.9 Å². The molecule has 0 saturated heterocycles. The summed E-state index contributed by atoms with van der Waals surface area (Å²) in [6.07, 6.45) is 4.01. The van der Waals surface area contributed by atoms with Crippen molar-refractivity contribution >= 4 is 11.8 Å². The minimum atomic E-state index is -0.369. The lowest BCUT2D eigenvalue weighted by Crippen LogP contribution is -2.21. The number of Topliss-reactive ketones (excluding diaryl/α,β-unsaturated/α-hetero) is 1. The zero-order valence-corrected chi connectivity index (χ0v) is 15.7. The van der Waals surface area contributed by atoms with E-state index in [0.29, 0.717) is 35.6 Å². The Morgan fingerprint density at radius 2 is 1.93 bits per heavy atom. The number of ether oxygens (including phenoxy) is 1. The van der Waals surface area contributed by atoms with E-state index >= 15 is 0 Å². The number of carbonyl (C=O) groups excluding carboxylic acids is 2. The van der Waals surface area contributed by atoms with E-state index in [1.165, 1.54) is 12.1 Å². The van der Waals surface area contributed by atoms with Gasteiger partial charge in [-0.15, -0.1) is 0 Å². The van der Waals surface area contributed by atoms with Crippen LogP contribution in [0.15, 0.2) is 24.3 Å². The van der Waals surface area contributed by atoms with Crippen molar-refractivity contribution in [3.63, 3.8) is 0 Å². The fourth-order valence-electron chi connectivity index (χ4n) is 4.49. The number of halogens is 1. The minimum Gasteiger partial charge on any atom is -0.457 e. The highest BCUT2D eigenvalue weighted by Gasteiger charge is 2.34. The summed E-state index contributed by atoms with van der Waals surface area (Å²) in [5, 5.41) is 0. The van der Waals surface area contributed by atoms with Gasteiger partial charge in [0.1, 0.15) is 17.6 Å². The summed E-state index contributed by atoms with van der Waals surface area (Å²) in [5.74, 6) is -0.270. The first-order valence-electron chi connectivity index (χ1n) is 9.65. The number of ketones is 1. The second-order valence-corrected chi connectivity index (χ2v) is 7.91. The van der Waals surface area contributed by atoms with Gasteiger partial charge in [-0.2, -0.15) is 0 Å². The molecule has 0 aliphatic heterocycles. The Bertz CT molecular complexity index is 884. The van der Waals surface area contributed by atoms with E-state index in [1.54, 1.807) is 19.1 Å². The van der Waals surface area contributed by atoms with Gasteiger partial charge < -0.3 is 9.72 Å². The van der Waals surface area contributed by atoms with E-state index in [9.17, 15) is 14.0 Å². The third kappa shape index (κ3) is 3.31. The molecule has 3 atom stereocenters. The van der Waals surface area contributed by atoms with Crippen LogP contribution in [0.4, 0.5) is 4.39 Å². The molecular formula is C22H24FNO3. The summed E-state index contributed by atoms with van der Waals surface area (Å²) >= 11 is 0. The SMILES string of the molecule is Cc1c(C(=O)OC2CCCC2C)[nH]c2c1C(=O)CC(c1ccc(F)cc1)C2. The number of esters is 1. The molecule has 2 aliphatic carbocycles. The van der Waals surface area contributed by atoms with E-state index in [0.717, 1.165) is 30.5 Å². The first-order valence-corrected chi connectivity index (χ1v) is 9.65. The maximum atomic E-state index is 13.2. The van der Waals surface area contributed by atoms with Gasteiger partial charge in [0, 0.05) is 17.7 Å². The van der Waals surface area contributed by atoms with E-state index in [1.807, 2.05) is 0 Å². The van der Waals surface area contributed by atoms with E-state index < -0.39 is 0 Å². The molecule has 2 aromatic rings. The van der Waals surface area contributed by atoms with Crippen LogP contribution in [-0.2, 0) is 11.2 Å². The van der Waals surface area contributed by atoms with Crippen molar-refractivity contribution in [2.45, 2.75) is 58.0 Å². The molecule has 4 nitrogen and oxygen atoms in total. The molecule has 1 heterocycles. The topological polar surface area (TPSA) is 59.2 Å². The van der Waals surface area contributed by atoms with E-state index in [-0.39, 0.29) is 29.6 Å². The predicted molar refractivity (Wildman–Crippen MR) is 99.5 cm³/mol. The van der Waals surface area contributed by atoms with Gasteiger partial charge in [0.25, 0.3) is 0 Å². The predicted octanol–water partition coefficient (Wildman–Crippen LogP) is 4.72. The van der Waals surface area contributed by atoms with Gasteiger partial charge in [-0.25, -0.2) is 9.18 Å². The highest BCUT2D eigenvalue weighted by molar-refractivity contribution is 6.03. The number of H-pyrrole nitrogens is 1. The molecule has 2 aliphatic rings. The van der Waals surface area contributed by atoms with Gasteiger partial charge in [-0.05, 0) is 67.7 Å². The van der Waals surface area contributed by atoms with Crippen LogP contribution in [0.25, 0.3) is 0 Å². The molecule has 0 radical (unpaired) electrons. The highest BCUT2D eigenvalue weighted by atomic mass is 19.1. The number of hydrogen-bond acceptors (Lipinski definition) is 3. The standard InChI is InChI=1S/C22H24FNO3/c1-12-4-3-5-19(12)27-22(26)21-13(2)20-17(24-21)10-15(11-18(20)25)14-6-8-16(23)9-7-14/h6-9,12,15,19,24H,3-5,10-11H2,1-2H3. The van der Waals surface area contributed by atoms with Gasteiger partial charge in [0.15, 0.2) is 5.78 Å². The number of hydrogen-bond donors (Lipinski definition) is 1. The third-order valence-corrected chi connectivity index (χ3v) is 6.08. The number of fused-ring (bicyclic) bond motifs is 1. The van der Waals surface area contributed by atoms with E-state index in [4.69, 9.17) is 4.74 Å². The maximum Gasteiger partial charge on any atom is 0.355 e. The molecule has 1 N–H and O–H groups in total. The summed E-state index contributed by atoms with van der Waals surface area (Å²) in [4.78, 5) is 28.6. The Morgan fingerprint density at radius 3 is 2.59 bits per heavy atom. The molecule has 0 spiro atoms. The Balaban J connectivity index is 1.58. The van der Waals surface area contributed by atoms with Crippen molar-refractivity contribution in [3.05, 3.63) is 58.2 Å². The van der Waals surface area contributed by atoms with Crippen LogP contribution in [0.5, 0.6) is 0 Å². The molecule has 1 saturated carbocycles. The van der Waals surface area contributed by atoms with Crippen molar-refractivity contribution in [1.29, 1.82) is 0 Å². The van der Waals surface area contributed by atoms with Crippen LogP contribution in [0.3, 0.4) is 0 Å². The molecule has 3 unspecified atom stereocenters. The lowest BCUT2D eigenvalue weighted by Gasteiger charge is -2.22. The first-order chi connectivity index (χ1) is 12.9. The quantitative estimate of drug-likeness (QED) is 0.797. The molecule has 27 heavy (non-hydrogen) atoms. The minimum absolute atomic E-state index is 0.0117. The molecule has 5 heteroatoms. The normalized spacial score (nSPS) is 24.7. The van der Waals surface area contributed by atoms with Crippen LogP contribution >= 0.6 is 0 Å². The fraction of sp³-hybridized carbons (Fsp3) is 0.455. The molecule has 4 rings (SSSR count). The summed E-state index contributed by atoms with van der Waals surface area (Å²) in [6.45, 7) is 3.91. The van der Waals surface area contributed by atoms with Crippen LogP contribution in [0.2, 0.25) is 0 Å². The van der Waals surface area contributed by atoms with Crippen LogP contribution in [0, 0.1) is 18.7 Å². The lowest BCUT2D eigenvalue weighted by molar-refractivity contribution is 0.0219. The van der Waals surface area contributed by atoms with Crippen LogP contribution in [-0.4, -0.2) is 22.8 Å². The van der Waals surface area contributed by atoms with Crippen molar-refractivity contribution in [2.24, 2.45) is 5.92 Å². The monoisotopic (exact) mass is 369 g/mol. The number of benzene rings is 1. The summed E-state index contributed by atoms with van der Waals surface area (Å²) in [6, 6.07) is 6.29.